The van der Waals surface area contributed by atoms with Crippen LogP contribution in [-0.2, 0) is 4.79 Å². The molecule has 0 aliphatic carbocycles. The Morgan fingerprint density at radius 3 is 2.71 bits per heavy atom. The largest absolute Gasteiger partial charge is 0.480 e. The lowest BCUT2D eigenvalue weighted by atomic mass is 10.1. The first-order valence-electron chi connectivity index (χ1n) is 6.69. The summed E-state index contributed by atoms with van der Waals surface area (Å²) in [6.45, 7) is 1.94. The summed E-state index contributed by atoms with van der Waals surface area (Å²) in [5, 5.41) is 19.9. The summed E-state index contributed by atoms with van der Waals surface area (Å²) in [5.41, 5.74) is 0.867. The minimum Gasteiger partial charge on any atom is -0.480 e. The fourth-order valence-electron chi connectivity index (χ4n) is 2.78. The van der Waals surface area contributed by atoms with Gasteiger partial charge in [-0.2, -0.15) is 0 Å². The number of aliphatic hydroxyl groups is 1. The van der Waals surface area contributed by atoms with E-state index in [4.69, 9.17) is 0 Å². The normalized spacial score (nSPS) is 21.9. The molecule has 1 amide bonds. The average molecular weight is 305 g/mol. The van der Waals surface area contributed by atoms with Gasteiger partial charge in [-0.3, -0.25) is 4.79 Å². The third kappa shape index (κ3) is 2.30. The Bertz CT molecular complexity index is 724. The number of carboxylic acid groups (broad SMARTS) is 1. The van der Waals surface area contributed by atoms with Crippen LogP contribution in [0.25, 0.3) is 10.1 Å². The molecule has 1 aliphatic heterocycles. The van der Waals surface area contributed by atoms with Gasteiger partial charge >= 0.3 is 5.97 Å². The van der Waals surface area contributed by atoms with Crippen molar-refractivity contribution in [3.05, 3.63) is 34.7 Å². The molecule has 2 heterocycles. The monoisotopic (exact) mass is 305 g/mol. The van der Waals surface area contributed by atoms with Crippen LogP contribution < -0.4 is 0 Å². The lowest BCUT2D eigenvalue weighted by Gasteiger charge is -2.20. The second-order valence-corrected chi connectivity index (χ2v) is 6.31. The summed E-state index contributed by atoms with van der Waals surface area (Å²) in [4.78, 5) is 25.7. The predicted octanol–water partition coefficient (Wildman–Crippen LogP) is 1.87. The van der Waals surface area contributed by atoms with Crippen LogP contribution >= 0.6 is 11.3 Å². The number of aryl methyl sites for hydroxylation is 1. The highest BCUT2D eigenvalue weighted by Gasteiger charge is 2.40. The van der Waals surface area contributed by atoms with Gasteiger partial charge < -0.3 is 15.1 Å². The fourth-order valence-corrected chi connectivity index (χ4v) is 3.95. The van der Waals surface area contributed by atoms with Gasteiger partial charge in [0.2, 0.25) is 0 Å². The minimum atomic E-state index is -1.07. The molecule has 0 bridgehead atoms. The van der Waals surface area contributed by atoms with Crippen LogP contribution in [-0.4, -0.2) is 45.7 Å². The summed E-state index contributed by atoms with van der Waals surface area (Å²) >= 11 is 1.37. The lowest BCUT2D eigenvalue weighted by Crippen LogP contribution is -2.40. The van der Waals surface area contributed by atoms with Crippen molar-refractivity contribution in [2.45, 2.75) is 25.5 Å². The Morgan fingerprint density at radius 1 is 1.33 bits per heavy atom. The second kappa shape index (κ2) is 5.13. The molecule has 110 valence electrons. The number of β-amino-alcohol motifs (C(OH)–C–C–N with tert-alkyl or cyclic N) is 1. The summed E-state index contributed by atoms with van der Waals surface area (Å²) in [6, 6.07) is 6.77. The van der Waals surface area contributed by atoms with Crippen molar-refractivity contribution in [1.82, 2.24) is 4.90 Å². The molecule has 1 fully saturated rings. The zero-order valence-corrected chi connectivity index (χ0v) is 12.3. The van der Waals surface area contributed by atoms with Crippen molar-refractivity contribution in [2.24, 2.45) is 0 Å². The van der Waals surface area contributed by atoms with E-state index in [1.165, 1.54) is 16.2 Å². The van der Waals surface area contributed by atoms with Crippen molar-refractivity contribution >= 4 is 33.3 Å². The van der Waals surface area contributed by atoms with Crippen LogP contribution in [0.15, 0.2) is 24.3 Å². The van der Waals surface area contributed by atoms with Gasteiger partial charge in [-0.15, -0.1) is 11.3 Å². The smallest absolute Gasteiger partial charge is 0.326 e. The van der Waals surface area contributed by atoms with E-state index in [0.29, 0.717) is 4.88 Å². The van der Waals surface area contributed by atoms with Gasteiger partial charge in [-0.25, -0.2) is 4.79 Å². The van der Waals surface area contributed by atoms with Crippen LogP contribution in [0.1, 0.15) is 21.7 Å². The Hall–Kier alpha value is -1.92. The van der Waals surface area contributed by atoms with E-state index in [1.54, 1.807) is 0 Å². The molecule has 0 spiro atoms. The van der Waals surface area contributed by atoms with Crippen molar-refractivity contribution < 1.29 is 19.8 Å². The highest BCUT2D eigenvalue weighted by molar-refractivity contribution is 7.21. The molecule has 3 rings (SSSR count). The fraction of sp³-hybridized carbons (Fsp3) is 0.333. The molecule has 21 heavy (non-hydrogen) atoms. The predicted molar refractivity (Wildman–Crippen MR) is 79.6 cm³/mol. The van der Waals surface area contributed by atoms with E-state index in [0.717, 1.165) is 15.6 Å². The second-order valence-electron chi connectivity index (χ2n) is 5.25. The zero-order valence-electron chi connectivity index (χ0n) is 11.4. The van der Waals surface area contributed by atoms with E-state index in [-0.39, 0.29) is 18.9 Å². The van der Waals surface area contributed by atoms with E-state index < -0.39 is 18.1 Å². The number of amides is 1. The van der Waals surface area contributed by atoms with Gasteiger partial charge in [-0.1, -0.05) is 18.2 Å². The number of carbonyl (C=O) groups is 2. The highest BCUT2D eigenvalue weighted by Crippen LogP contribution is 2.33. The molecule has 2 aromatic rings. The number of aliphatic hydroxyl groups excluding tert-OH is 1. The molecule has 0 radical (unpaired) electrons. The molecule has 6 heteroatoms. The Kier molecular flexibility index (Phi) is 3.43. The number of benzene rings is 1. The molecule has 2 atom stereocenters. The first-order valence-corrected chi connectivity index (χ1v) is 7.50. The molecule has 0 unspecified atom stereocenters. The number of carbonyl (C=O) groups excluding carboxylic acids is 1. The number of likely N-dealkylation sites (tertiary alicyclic amines) is 1. The topological polar surface area (TPSA) is 77.8 Å². The van der Waals surface area contributed by atoms with E-state index in [9.17, 15) is 19.8 Å². The van der Waals surface area contributed by atoms with Crippen LogP contribution in [0.3, 0.4) is 0 Å². The molecule has 2 N–H and O–H groups in total. The number of hydrogen-bond donors (Lipinski definition) is 2. The van der Waals surface area contributed by atoms with E-state index in [1.807, 2.05) is 31.2 Å². The van der Waals surface area contributed by atoms with Gasteiger partial charge in [0.05, 0.1) is 11.0 Å². The standard InChI is InChI=1S/C15H15NO4S/c1-8-10-4-2-3-5-12(10)21-13(8)14(18)16-7-9(17)6-11(16)15(19)20/h2-5,9,11,17H,6-7H2,1H3,(H,19,20)/t9-,11+/m1/s1. The third-order valence-electron chi connectivity index (χ3n) is 3.86. The number of rotatable bonds is 2. The summed E-state index contributed by atoms with van der Waals surface area (Å²) < 4.78 is 1.00. The van der Waals surface area contributed by atoms with Crippen LogP contribution in [0, 0.1) is 6.92 Å². The number of aliphatic carboxylic acids is 1. The van der Waals surface area contributed by atoms with Crippen LogP contribution in [0.4, 0.5) is 0 Å². The van der Waals surface area contributed by atoms with Gasteiger partial charge in [0.25, 0.3) is 5.91 Å². The van der Waals surface area contributed by atoms with Crippen LogP contribution in [0.5, 0.6) is 0 Å². The van der Waals surface area contributed by atoms with Crippen molar-refractivity contribution in [2.75, 3.05) is 6.54 Å². The minimum absolute atomic E-state index is 0.0729. The summed E-state index contributed by atoms with van der Waals surface area (Å²) in [6.07, 6.45) is -0.685. The molecule has 1 aromatic carbocycles. The number of fused-ring (bicyclic) bond motifs is 1. The number of carboxylic acids is 1. The summed E-state index contributed by atoms with van der Waals surface area (Å²) in [5.74, 6) is -1.38. The number of thiophene rings is 1. The maximum atomic E-state index is 12.7. The Labute approximate surface area is 125 Å². The van der Waals surface area contributed by atoms with Crippen LogP contribution in [0.2, 0.25) is 0 Å². The van der Waals surface area contributed by atoms with Gasteiger partial charge in [0.15, 0.2) is 0 Å². The SMILES string of the molecule is Cc1c(C(=O)N2C[C@H](O)C[C@H]2C(=O)O)sc2ccccc12. The molecular weight excluding hydrogens is 290 g/mol. The summed E-state index contributed by atoms with van der Waals surface area (Å²) in [7, 11) is 0. The van der Waals surface area contributed by atoms with Gasteiger partial charge in [-0.05, 0) is 23.9 Å². The molecule has 5 nitrogen and oxygen atoms in total. The van der Waals surface area contributed by atoms with Gasteiger partial charge in [0.1, 0.15) is 6.04 Å². The first-order chi connectivity index (χ1) is 9.99. The maximum Gasteiger partial charge on any atom is 0.326 e. The number of nitrogens with zero attached hydrogens (tertiary/aromatic N) is 1. The van der Waals surface area contributed by atoms with Crippen molar-refractivity contribution in [3.8, 4) is 0 Å². The van der Waals surface area contributed by atoms with Crippen molar-refractivity contribution in [1.29, 1.82) is 0 Å². The lowest BCUT2D eigenvalue weighted by molar-refractivity contribution is -0.141. The molecule has 1 aromatic heterocycles. The van der Waals surface area contributed by atoms with Crippen molar-refractivity contribution in [3.63, 3.8) is 0 Å². The Balaban J connectivity index is 2.00. The Morgan fingerprint density at radius 2 is 2.05 bits per heavy atom. The quantitative estimate of drug-likeness (QED) is 0.888. The molecule has 1 saturated heterocycles. The molecular formula is C15H15NO4S. The highest BCUT2D eigenvalue weighted by atomic mass is 32.1. The maximum absolute atomic E-state index is 12.7. The molecule has 1 aliphatic rings. The third-order valence-corrected chi connectivity index (χ3v) is 5.12. The van der Waals surface area contributed by atoms with E-state index >= 15 is 0 Å². The molecule has 0 saturated carbocycles. The average Bonchev–Trinajstić information content (AvgIpc) is 3.00. The van der Waals surface area contributed by atoms with E-state index in [2.05, 4.69) is 0 Å². The zero-order chi connectivity index (χ0) is 15.1. The number of hydrogen-bond acceptors (Lipinski definition) is 4. The van der Waals surface area contributed by atoms with Gasteiger partial charge in [0, 0.05) is 17.7 Å². The first kappa shape index (κ1) is 14.0.